The third-order valence-corrected chi connectivity index (χ3v) is 4.47. The van der Waals surface area contributed by atoms with Gasteiger partial charge in [0.15, 0.2) is 17.3 Å². The summed E-state index contributed by atoms with van der Waals surface area (Å²) in [7, 11) is 3.25. The van der Waals surface area contributed by atoms with E-state index in [0.29, 0.717) is 23.4 Å². The first-order valence-corrected chi connectivity index (χ1v) is 9.10. The second-order valence-electron chi connectivity index (χ2n) is 6.41. The van der Waals surface area contributed by atoms with Crippen LogP contribution < -0.4 is 15.4 Å². The Morgan fingerprint density at radius 2 is 1.90 bits per heavy atom. The molecule has 146 valence electrons. The minimum atomic E-state index is -0.141. The van der Waals surface area contributed by atoms with E-state index in [1.54, 1.807) is 30.8 Å². The Morgan fingerprint density at radius 3 is 2.66 bits per heavy atom. The number of anilines is 2. The molecular formula is C21H20N6O2. The predicted molar refractivity (Wildman–Crippen MR) is 110 cm³/mol. The smallest absolute Gasteiger partial charge is 0.251 e. The number of amides is 1. The number of nitrogens with zero attached hydrogens (tertiary/aromatic N) is 4. The summed E-state index contributed by atoms with van der Waals surface area (Å²) in [6.45, 7) is 0. The molecule has 0 saturated heterocycles. The summed E-state index contributed by atoms with van der Waals surface area (Å²) in [5.41, 5.74) is 3.09. The molecule has 4 aromatic rings. The summed E-state index contributed by atoms with van der Waals surface area (Å²) in [6.07, 6.45) is 0.591. The summed E-state index contributed by atoms with van der Waals surface area (Å²) in [5, 5.41) is 18.9. The minimum Gasteiger partial charge on any atom is -0.497 e. The van der Waals surface area contributed by atoms with E-state index in [-0.39, 0.29) is 5.91 Å². The van der Waals surface area contributed by atoms with Crippen LogP contribution in [0.15, 0.2) is 60.7 Å². The van der Waals surface area contributed by atoms with Crippen LogP contribution in [0.1, 0.15) is 21.7 Å². The number of carbonyl (C=O) groups is 1. The molecule has 8 heteroatoms. The zero-order valence-corrected chi connectivity index (χ0v) is 16.1. The topological polar surface area (TPSA) is 93.4 Å². The molecule has 8 nitrogen and oxygen atoms in total. The van der Waals surface area contributed by atoms with Gasteiger partial charge in [0.25, 0.3) is 5.91 Å². The molecule has 2 N–H and O–H groups in total. The highest BCUT2D eigenvalue weighted by atomic mass is 16.5. The van der Waals surface area contributed by atoms with Crippen molar-refractivity contribution in [3.05, 3.63) is 77.6 Å². The van der Waals surface area contributed by atoms with Crippen molar-refractivity contribution >= 4 is 23.1 Å². The molecule has 2 heterocycles. The molecule has 0 aliphatic heterocycles. The minimum absolute atomic E-state index is 0.141. The fourth-order valence-corrected chi connectivity index (χ4v) is 2.97. The fourth-order valence-electron chi connectivity index (χ4n) is 2.97. The van der Waals surface area contributed by atoms with Gasteiger partial charge in [-0.3, -0.25) is 4.79 Å². The van der Waals surface area contributed by atoms with E-state index in [9.17, 15) is 4.79 Å². The lowest BCUT2D eigenvalue weighted by Gasteiger charge is -2.08. The van der Waals surface area contributed by atoms with Crippen LogP contribution in [0.2, 0.25) is 0 Å². The summed E-state index contributed by atoms with van der Waals surface area (Å²) in [4.78, 5) is 11.8. The normalized spacial score (nSPS) is 10.7. The summed E-state index contributed by atoms with van der Waals surface area (Å²) >= 11 is 0. The Kier molecular flexibility index (Phi) is 5.07. The number of benzene rings is 2. The molecule has 0 unspecified atom stereocenters. The van der Waals surface area contributed by atoms with Gasteiger partial charge in [-0.25, -0.2) is 0 Å². The molecule has 0 aliphatic rings. The van der Waals surface area contributed by atoms with Crippen LogP contribution in [-0.2, 0) is 6.42 Å². The second-order valence-corrected chi connectivity index (χ2v) is 6.41. The average molecular weight is 388 g/mol. The maximum absolute atomic E-state index is 11.8. The summed E-state index contributed by atoms with van der Waals surface area (Å²) < 4.78 is 6.92. The Hall–Kier alpha value is -3.94. The first kappa shape index (κ1) is 18.4. The average Bonchev–Trinajstić information content (AvgIpc) is 3.16. The second kappa shape index (κ2) is 7.97. The van der Waals surface area contributed by atoms with Crippen molar-refractivity contribution in [2.45, 2.75) is 6.42 Å². The number of carbonyl (C=O) groups excluding carboxylic acids is 1. The zero-order chi connectivity index (χ0) is 20.2. The van der Waals surface area contributed by atoms with Crippen molar-refractivity contribution in [3.8, 4) is 5.75 Å². The maximum atomic E-state index is 11.8. The third kappa shape index (κ3) is 4.01. The van der Waals surface area contributed by atoms with Crippen molar-refractivity contribution in [2.75, 3.05) is 19.5 Å². The van der Waals surface area contributed by atoms with Gasteiger partial charge < -0.3 is 15.4 Å². The van der Waals surface area contributed by atoms with Crippen molar-refractivity contribution in [3.63, 3.8) is 0 Å². The Morgan fingerprint density at radius 1 is 1.07 bits per heavy atom. The van der Waals surface area contributed by atoms with Crippen molar-refractivity contribution < 1.29 is 9.53 Å². The van der Waals surface area contributed by atoms with Crippen LogP contribution in [0.5, 0.6) is 5.75 Å². The van der Waals surface area contributed by atoms with Gasteiger partial charge in [0.2, 0.25) is 0 Å². The molecule has 0 bridgehead atoms. The predicted octanol–water partition coefficient (Wildman–Crippen LogP) is 2.83. The highest BCUT2D eigenvalue weighted by Gasteiger charge is 2.10. The highest BCUT2D eigenvalue weighted by molar-refractivity contribution is 5.95. The van der Waals surface area contributed by atoms with Crippen LogP contribution in [-0.4, -0.2) is 39.9 Å². The van der Waals surface area contributed by atoms with Gasteiger partial charge in [-0.05, 0) is 48.0 Å². The fraction of sp³-hybridized carbons (Fsp3) is 0.143. The lowest BCUT2D eigenvalue weighted by Crippen LogP contribution is -2.17. The third-order valence-electron chi connectivity index (χ3n) is 4.47. The van der Waals surface area contributed by atoms with E-state index in [0.717, 1.165) is 22.8 Å². The number of methoxy groups -OCH3 is 1. The van der Waals surface area contributed by atoms with Gasteiger partial charge in [0.05, 0.1) is 7.11 Å². The number of nitrogens with one attached hydrogen (secondary N) is 2. The Labute approximate surface area is 167 Å². The maximum Gasteiger partial charge on any atom is 0.251 e. The number of hydrogen-bond donors (Lipinski definition) is 2. The van der Waals surface area contributed by atoms with E-state index >= 15 is 0 Å². The quantitative estimate of drug-likeness (QED) is 0.528. The van der Waals surface area contributed by atoms with E-state index in [1.807, 2.05) is 48.5 Å². The van der Waals surface area contributed by atoms with Gasteiger partial charge in [-0.15, -0.1) is 15.3 Å². The number of fused-ring (bicyclic) bond motifs is 1. The molecular weight excluding hydrogens is 368 g/mol. The molecule has 1 amide bonds. The van der Waals surface area contributed by atoms with Crippen molar-refractivity contribution in [1.82, 2.24) is 25.1 Å². The van der Waals surface area contributed by atoms with Crippen LogP contribution in [0.4, 0.5) is 11.5 Å². The van der Waals surface area contributed by atoms with Gasteiger partial charge in [0.1, 0.15) is 5.75 Å². The number of rotatable bonds is 6. The van der Waals surface area contributed by atoms with E-state index in [4.69, 9.17) is 4.74 Å². The molecule has 0 fully saturated rings. The van der Waals surface area contributed by atoms with Crippen LogP contribution >= 0.6 is 0 Å². The lowest BCUT2D eigenvalue weighted by molar-refractivity contribution is 0.0963. The lowest BCUT2D eigenvalue weighted by atomic mass is 10.1. The molecule has 4 rings (SSSR count). The van der Waals surface area contributed by atoms with Gasteiger partial charge in [-0.1, -0.05) is 18.2 Å². The SMILES string of the molecule is CNC(=O)c1cccc(Nc2ccc3nnc(Cc4ccc(OC)cc4)n3n2)c1. The first-order chi connectivity index (χ1) is 14.2. The molecule has 0 spiro atoms. The zero-order valence-electron chi connectivity index (χ0n) is 16.1. The Balaban J connectivity index is 1.59. The highest BCUT2D eigenvalue weighted by Crippen LogP contribution is 2.18. The largest absolute Gasteiger partial charge is 0.497 e. The van der Waals surface area contributed by atoms with Crippen LogP contribution in [0, 0.1) is 0 Å². The molecule has 0 saturated carbocycles. The number of hydrogen-bond acceptors (Lipinski definition) is 6. The van der Waals surface area contributed by atoms with Crippen molar-refractivity contribution in [2.24, 2.45) is 0 Å². The molecule has 0 aliphatic carbocycles. The number of ether oxygens (including phenoxy) is 1. The summed E-state index contributed by atoms with van der Waals surface area (Å²) in [5.74, 6) is 2.02. The van der Waals surface area contributed by atoms with Gasteiger partial charge in [-0.2, -0.15) is 4.52 Å². The Bertz CT molecular complexity index is 1150. The summed E-state index contributed by atoms with van der Waals surface area (Å²) in [6, 6.07) is 18.7. The molecule has 0 atom stereocenters. The van der Waals surface area contributed by atoms with E-state index in [1.165, 1.54) is 0 Å². The van der Waals surface area contributed by atoms with E-state index < -0.39 is 0 Å². The number of aromatic nitrogens is 4. The molecule has 29 heavy (non-hydrogen) atoms. The van der Waals surface area contributed by atoms with Crippen LogP contribution in [0.25, 0.3) is 5.65 Å². The standard InChI is InChI=1S/C21H20N6O2/c1-22-21(28)15-4-3-5-16(13-15)23-18-10-11-19-24-25-20(27(19)26-18)12-14-6-8-17(29-2)9-7-14/h3-11,13H,12H2,1-2H3,(H,22,28)(H,23,26). The molecule has 0 radical (unpaired) electrons. The van der Waals surface area contributed by atoms with Crippen molar-refractivity contribution in [1.29, 1.82) is 0 Å². The first-order valence-electron chi connectivity index (χ1n) is 9.10. The van der Waals surface area contributed by atoms with E-state index in [2.05, 4.69) is 25.9 Å². The van der Waals surface area contributed by atoms with Gasteiger partial charge >= 0.3 is 0 Å². The molecule has 2 aromatic carbocycles. The van der Waals surface area contributed by atoms with Gasteiger partial charge in [0, 0.05) is 24.7 Å². The monoisotopic (exact) mass is 388 g/mol. The molecule has 2 aromatic heterocycles. The van der Waals surface area contributed by atoms with Crippen LogP contribution in [0.3, 0.4) is 0 Å².